The third-order valence-corrected chi connectivity index (χ3v) is 2.02. The molecule has 14 heavy (non-hydrogen) atoms. The molecule has 1 aromatic rings. The summed E-state index contributed by atoms with van der Waals surface area (Å²) < 4.78 is 5.98. The van der Waals surface area contributed by atoms with Crippen molar-refractivity contribution in [3.05, 3.63) is 22.7 Å². The van der Waals surface area contributed by atoms with E-state index in [0.29, 0.717) is 11.4 Å². The average Bonchev–Trinajstić information content (AvgIpc) is 2.18. The van der Waals surface area contributed by atoms with Crippen molar-refractivity contribution in [1.82, 2.24) is 5.43 Å². The van der Waals surface area contributed by atoms with Gasteiger partial charge >= 0.3 is 0 Å². The molecule has 0 atom stereocenters. The minimum Gasteiger partial charge on any atom is -0.494 e. The molecule has 5 nitrogen and oxygen atoms in total. The maximum atomic E-state index is 5.42. The Balaban J connectivity index is 3.11. The van der Waals surface area contributed by atoms with Crippen LogP contribution in [0.5, 0.6) is 5.75 Å². The summed E-state index contributed by atoms with van der Waals surface area (Å²) in [6, 6.07) is 5.42. The molecule has 0 saturated carbocycles. The van der Waals surface area contributed by atoms with Crippen LogP contribution in [-0.2, 0) is 0 Å². The van der Waals surface area contributed by atoms with Crippen LogP contribution in [0.1, 0.15) is 0 Å². The van der Waals surface area contributed by atoms with Gasteiger partial charge in [0.15, 0.2) is 0 Å². The number of aliphatic imine (C=N–C) groups is 1. The van der Waals surface area contributed by atoms with Crippen molar-refractivity contribution in [3.8, 4) is 5.75 Å². The number of nitrogens with two attached hydrogens (primary N) is 2. The van der Waals surface area contributed by atoms with E-state index in [-0.39, 0.29) is 5.96 Å². The van der Waals surface area contributed by atoms with Crippen LogP contribution in [0.2, 0.25) is 0 Å². The Hall–Kier alpha value is -1.27. The highest BCUT2D eigenvalue weighted by Crippen LogP contribution is 2.30. The van der Waals surface area contributed by atoms with E-state index in [1.165, 1.54) is 0 Å². The minimum absolute atomic E-state index is 0.126. The van der Waals surface area contributed by atoms with Crippen molar-refractivity contribution >= 4 is 27.6 Å². The van der Waals surface area contributed by atoms with E-state index >= 15 is 0 Å². The van der Waals surface area contributed by atoms with Crippen LogP contribution < -0.4 is 21.7 Å². The molecule has 0 bridgehead atoms. The number of hydrogen-bond acceptors (Lipinski definition) is 3. The maximum absolute atomic E-state index is 5.42. The molecule has 0 aromatic heterocycles. The first-order valence-corrected chi connectivity index (χ1v) is 4.61. The summed E-state index contributed by atoms with van der Waals surface area (Å²) in [5.74, 6) is 5.85. The van der Waals surface area contributed by atoms with Gasteiger partial charge in [-0.1, -0.05) is 15.9 Å². The van der Waals surface area contributed by atoms with E-state index in [1.807, 2.05) is 6.07 Å². The molecule has 0 aliphatic carbocycles. The molecule has 5 N–H and O–H groups in total. The van der Waals surface area contributed by atoms with Crippen molar-refractivity contribution in [2.24, 2.45) is 16.6 Å². The smallest absolute Gasteiger partial charge is 0.208 e. The largest absolute Gasteiger partial charge is 0.494 e. The molecule has 0 radical (unpaired) electrons. The lowest BCUT2D eigenvalue weighted by molar-refractivity contribution is 0.416. The number of hydrazine groups is 1. The van der Waals surface area contributed by atoms with E-state index in [4.69, 9.17) is 16.3 Å². The lowest BCUT2D eigenvalue weighted by Crippen LogP contribution is -2.36. The Labute approximate surface area is 90.2 Å². The topological polar surface area (TPSA) is 85.7 Å². The van der Waals surface area contributed by atoms with Gasteiger partial charge in [0.05, 0.1) is 7.11 Å². The zero-order valence-corrected chi connectivity index (χ0v) is 9.21. The predicted octanol–water partition coefficient (Wildman–Crippen LogP) is 0.867. The molecule has 1 aromatic carbocycles. The fraction of sp³-hybridized carbons (Fsp3) is 0.125. The number of guanidine groups is 1. The second-order valence-electron chi connectivity index (χ2n) is 2.46. The highest BCUT2D eigenvalue weighted by molar-refractivity contribution is 9.10. The van der Waals surface area contributed by atoms with E-state index in [9.17, 15) is 0 Å². The van der Waals surface area contributed by atoms with Crippen molar-refractivity contribution in [2.45, 2.75) is 0 Å². The number of ether oxygens (including phenoxy) is 1. The Morgan fingerprint density at radius 3 is 2.86 bits per heavy atom. The molecule has 0 unspecified atom stereocenters. The highest BCUT2D eigenvalue weighted by atomic mass is 79.9. The summed E-state index contributed by atoms with van der Waals surface area (Å²) in [5.41, 5.74) is 8.27. The molecule has 76 valence electrons. The third kappa shape index (κ3) is 2.61. The monoisotopic (exact) mass is 258 g/mol. The molecule has 0 heterocycles. The molecule has 0 amide bonds. The first-order chi connectivity index (χ1) is 6.67. The summed E-state index contributed by atoms with van der Waals surface area (Å²) in [5, 5.41) is 0. The minimum atomic E-state index is 0.126. The summed E-state index contributed by atoms with van der Waals surface area (Å²) in [6.07, 6.45) is 0. The second-order valence-corrected chi connectivity index (χ2v) is 3.37. The van der Waals surface area contributed by atoms with E-state index in [0.717, 1.165) is 4.47 Å². The van der Waals surface area contributed by atoms with Gasteiger partial charge in [-0.05, 0) is 18.2 Å². The molecule has 0 aliphatic heterocycles. The van der Waals surface area contributed by atoms with Crippen molar-refractivity contribution in [1.29, 1.82) is 0 Å². The first-order valence-electron chi connectivity index (χ1n) is 3.81. The molecular formula is C8H11BrN4O. The molecule has 0 aliphatic rings. The Morgan fingerprint density at radius 2 is 2.29 bits per heavy atom. The van der Waals surface area contributed by atoms with Crippen LogP contribution in [0.4, 0.5) is 5.69 Å². The normalized spacial score (nSPS) is 11.2. The van der Waals surface area contributed by atoms with Crippen LogP contribution in [0.25, 0.3) is 0 Å². The zero-order valence-electron chi connectivity index (χ0n) is 7.62. The number of hydrogen-bond donors (Lipinski definition) is 3. The van der Waals surface area contributed by atoms with Crippen LogP contribution in [-0.4, -0.2) is 13.1 Å². The maximum Gasteiger partial charge on any atom is 0.208 e. The molecule has 0 saturated heterocycles. The molecule has 6 heteroatoms. The highest BCUT2D eigenvalue weighted by Gasteiger charge is 2.02. The second kappa shape index (κ2) is 4.83. The molecule has 0 fully saturated rings. The number of benzene rings is 1. The Morgan fingerprint density at radius 1 is 1.57 bits per heavy atom. The number of methoxy groups -OCH3 is 1. The van der Waals surface area contributed by atoms with Gasteiger partial charge in [-0.25, -0.2) is 10.8 Å². The quantitative estimate of drug-likeness (QED) is 0.318. The fourth-order valence-electron chi connectivity index (χ4n) is 0.913. The zero-order chi connectivity index (χ0) is 10.6. The van der Waals surface area contributed by atoms with E-state index in [2.05, 4.69) is 26.3 Å². The molecule has 0 spiro atoms. The van der Waals surface area contributed by atoms with Gasteiger partial charge in [-0.3, -0.25) is 5.43 Å². The van der Waals surface area contributed by atoms with Gasteiger partial charge in [-0.2, -0.15) is 0 Å². The van der Waals surface area contributed by atoms with Gasteiger partial charge in [0, 0.05) is 4.47 Å². The third-order valence-electron chi connectivity index (χ3n) is 1.53. The molecule has 1 rings (SSSR count). The van der Waals surface area contributed by atoms with Gasteiger partial charge in [0.25, 0.3) is 0 Å². The summed E-state index contributed by atoms with van der Waals surface area (Å²) in [4.78, 5) is 4.01. The molecular weight excluding hydrogens is 248 g/mol. The number of nitrogens with zero attached hydrogens (tertiary/aromatic N) is 1. The fourth-order valence-corrected chi connectivity index (χ4v) is 1.26. The predicted molar refractivity (Wildman–Crippen MR) is 59.3 cm³/mol. The van der Waals surface area contributed by atoms with Gasteiger partial charge in [0.1, 0.15) is 11.4 Å². The van der Waals surface area contributed by atoms with Gasteiger partial charge in [0.2, 0.25) is 5.96 Å². The van der Waals surface area contributed by atoms with Crippen LogP contribution in [0.15, 0.2) is 27.7 Å². The van der Waals surface area contributed by atoms with E-state index < -0.39 is 0 Å². The SMILES string of the molecule is COc1ccc(Br)cc1N=C(N)NN. The van der Waals surface area contributed by atoms with Gasteiger partial charge < -0.3 is 10.5 Å². The van der Waals surface area contributed by atoms with Gasteiger partial charge in [-0.15, -0.1) is 0 Å². The van der Waals surface area contributed by atoms with E-state index in [1.54, 1.807) is 19.2 Å². The number of nitrogens with one attached hydrogen (secondary N) is 1. The number of rotatable bonds is 2. The van der Waals surface area contributed by atoms with Crippen LogP contribution >= 0.6 is 15.9 Å². The van der Waals surface area contributed by atoms with Crippen LogP contribution in [0, 0.1) is 0 Å². The Kier molecular flexibility index (Phi) is 3.73. The first kappa shape index (κ1) is 10.8. The summed E-state index contributed by atoms with van der Waals surface area (Å²) >= 11 is 3.32. The summed E-state index contributed by atoms with van der Waals surface area (Å²) in [7, 11) is 1.56. The Bertz CT molecular complexity index is 353. The van der Waals surface area contributed by atoms with Crippen molar-refractivity contribution in [3.63, 3.8) is 0 Å². The van der Waals surface area contributed by atoms with Crippen molar-refractivity contribution in [2.75, 3.05) is 7.11 Å². The average molecular weight is 259 g/mol. The van der Waals surface area contributed by atoms with Crippen LogP contribution in [0.3, 0.4) is 0 Å². The lowest BCUT2D eigenvalue weighted by Gasteiger charge is -2.05. The number of halogens is 1. The lowest BCUT2D eigenvalue weighted by atomic mass is 10.3. The van der Waals surface area contributed by atoms with Crippen molar-refractivity contribution < 1.29 is 4.74 Å². The standard InChI is InChI=1S/C8H11BrN4O/c1-14-7-3-2-5(9)4-6(7)12-8(10)13-11/h2-4H,11H2,1H3,(H3,10,12,13). The summed E-state index contributed by atoms with van der Waals surface area (Å²) in [6.45, 7) is 0.